The summed E-state index contributed by atoms with van der Waals surface area (Å²) in [5.74, 6) is 0. The molecule has 2 aromatic carbocycles. The maximum absolute atomic E-state index is 5.95. The molecule has 0 bridgehead atoms. The number of thiocarbonyl (C=S) groups is 1. The van der Waals surface area contributed by atoms with Gasteiger partial charge in [0.15, 0.2) is 5.11 Å². The van der Waals surface area contributed by atoms with Crippen molar-refractivity contribution in [1.82, 2.24) is 14.9 Å². The van der Waals surface area contributed by atoms with Crippen molar-refractivity contribution in [2.75, 3.05) is 4.90 Å². The normalized spacial score (nSPS) is 17.5. The van der Waals surface area contributed by atoms with Crippen molar-refractivity contribution in [2.45, 2.75) is 60.0 Å². The van der Waals surface area contributed by atoms with Gasteiger partial charge in [0.05, 0.1) is 23.5 Å². The molecule has 2 unspecified atom stereocenters. The van der Waals surface area contributed by atoms with E-state index in [2.05, 4.69) is 105 Å². The molecule has 1 saturated heterocycles. The molecule has 0 aliphatic carbocycles. The van der Waals surface area contributed by atoms with Gasteiger partial charge in [-0.15, -0.1) is 0 Å². The number of aromatic nitrogens is 2. The van der Waals surface area contributed by atoms with Crippen molar-refractivity contribution in [1.29, 1.82) is 0 Å². The molecule has 0 saturated carbocycles. The van der Waals surface area contributed by atoms with Crippen molar-refractivity contribution >= 4 is 23.0 Å². The monoisotopic (exact) mass is 494 g/mol. The van der Waals surface area contributed by atoms with E-state index in [9.17, 15) is 0 Å². The molecule has 4 aromatic rings. The van der Waals surface area contributed by atoms with Crippen LogP contribution in [0.2, 0.25) is 0 Å². The predicted octanol–water partition coefficient (Wildman–Crippen LogP) is 7.15. The Labute approximate surface area is 220 Å². The lowest BCUT2D eigenvalue weighted by molar-refractivity contribution is 0.565. The smallest absolute Gasteiger partial charge is 0.174 e. The number of nitrogens with one attached hydrogen (secondary N) is 1. The number of hydrogen-bond acceptors (Lipinski definition) is 2. The summed E-state index contributed by atoms with van der Waals surface area (Å²) in [5, 5.41) is 4.34. The minimum Gasteiger partial charge on any atom is -0.351 e. The van der Waals surface area contributed by atoms with Gasteiger partial charge in [0.25, 0.3) is 0 Å². The number of nitrogens with zero attached hydrogens (tertiary/aromatic N) is 3. The van der Waals surface area contributed by atoms with Gasteiger partial charge in [0.2, 0.25) is 0 Å². The van der Waals surface area contributed by atoms with E-state index >= 15 is 0 Å². The number of anilines is 1. The fourth-order valence-corrected chi connectivity index (χ4v) is 6.14. The van der Waals surface area contributed by atoms with Crippen LogP contribution >= 0.6 is 12.2 Å². The molecular formula is C31H34N4S. The summed E-state index contributed by atoms with van der Waals surface area (Å²) >= 11 is 5.95. The molecule has 184 valence electrons. The Morgan fingerprint density at radius 2 is 1.61 bits per heavy atom. The molecule has 2 atom stereocenters. The fourth-order valence-electron chi connectivity index (χ4n) is 5.80. The Hall–Kier alpha value is -3.44. The quantitative estimate of drug-likeness (QED) is 0.299. The van der Waals surface area contributed by atoms with E-state index in [4.69, 9.17) is 17.2 Å². The van der Waals surface area contributed by atoms with Crippen LogP contribution in [0.4, 0.5) is 5.69 Å². The van der Waals surface area contributed by atoms with E-state index in [1.807, 2.05) is 18.3 Å². The first-order valence-electron chi connectivity index (χ1n) is 12.7. The second-order valence-electron chi connectivity index (χ2n) is 9.93. The lowest BCUT2D eigenvalue weighted by Crippen LogP contribution is -2.29. The van der Waals surface area contributed by atoms with Crippen LogP contribution < -0.4 is 10.2 Å². The number of hydrogen-bond donors (Lipinski definition) is 1. The third-order valence-corrected chi connectivity index (χ3v) is 7.68. The zero-order valence-electron chi connectivity index (χ0n) is 22.0. The minimum atomic E-state index is -0.0567. The first-order chi connectivity index (χ1) is 17.3. The Morgan fingerprint density at radius 3 is 2.22 bits per heavy atom. The Bertz CT molecular complexity index is 1400. The Kier molecular flexibility index (Phi) is 6.44. The van der Waals surface area contributed by atoms with Crippen LogP contribution in [0, 0.1) is 34.6 Å². The van der Waals surface area contributed by atoms with Crippen LogP contribution in [-0.4, -0.2) is 14.7 Å². The number of pyridine rings is 1. The fraction of sp³-hybridized carbons (Fsp3) is 0.290. The van der Waals surface area contributed by atoms with Crippen LogP contribution in [0.3, 0.4) is 0 Å². The summed E-state index contributed by atoms with van der Waals surface area (Å²) in [7, 11) is 0. The Balaban J connectivity index is 1.69. The summed E-state index contributed by atoms with van der Waals surface area (Å²) in [6, 6.07) is 21.7. The topological polar surface area (TPSA) is 33.1 Å². The summed E-state index contributed by atoms with van der Waals surface area (Å²) < 4.78 is 2.41. The first kappa shape index (κ1) is 24.3. The highest BCUT2D eigenvalue weighted by atomic mass is 32.1. The second-order valence-corrected chi connectivity index (χ2v) is 10.3. The molecule has 0 amide bonds. The SMILES string of the molecule is CCc1ccc(N2C(=S)NC(c3ccccn3)C2c2cc(C)n(-c3c(C)cc(C)cc3C)c2C)cc1. The molecule has 1 aliphatic rings. The average molecular weight is 495 g/mol. The van der Waals surface area contributed by atoms with E-state index in [-0.39, 0.29) is 12.1 Å². The summed E-state index contributed by atoms with van der Waals surface area (Å²) in [4.78, 5) is 7.00. The molecule has 0 radical (unpaired) electrons. The van der Waals surface area contributed by atoms with Gasteiger partial charge >= 0.3 is 0 Å². The van der Waals surface area contributed by atoms with Gasteiger partial charge in [-0.2, -0.15) is 0 Å². The molecule has 3 heterocycles. The average Bonchev–Trinajstić information content (AvgIpc) is 3.35. The van der Waals surface area contributed by atoms with Crippen LogP contribution in [-0.2, 0) is 6.42 Å². The van der Waals surface area contributed by atoms with Gasteiger partial charge in [-0.1, -0.05) is 42.8 Å². The highest BCUT2D eigenvalue weighted by Crippen LogP contribution is 2.44. The zero-order chi connectivity index (χ0) is 25.6. The first-order valence-corrected chi connectivity index (χ1v) is 13.1. The minimum absolute atomic E-state index is 0.0223. The molecule has 0 spiro atoms. The van der Waals surface area contributed by atoms with Crippen molar-refractivity contribution in [3.8, 4) is 5.69 Å². The molecule has 5 rings (SSSR count). The zero-order valence-corrected chi connectivity index (χ0v) is 22.8. The van der Waals surface area contributed by atoms with E-state index in [0.717, 1.165) is 22.9 Å². The van der Waals surface area contributed by atoms with E-state index < -0.39 is 0 Å². The summed E-state index contributed by atoms with van der Waals surface area (Å²) in [6.45, 7) is 13.2. The third-order valence-electron chi connectivity index (χ3n) is 7.37. The van der Waals surface area contributed by atoms with Crippen LogP contribution in [0.25, 0.3) is 5.69 Å². The van der Waals surface area contributed by atoms with Crippen molar-refractivity contribution in [2.24, 2.45) is 0 Å². The molecule has 1 aliphatic heterocycles. The highest BCUT2D eigenvalue weighted by molar-refractivity contribution is 7.80. The lowest BCUT2D eigenvalue weighted by atomic mass is 9.96. The van der Waals surface area contributed by atoms with E-state index in [1.165, 1.54) is 44.9 Å². The van der Waals surface area contributed by atoms with Crippen molar-refractivity contribution < 1.29 is 0 Å². The highest BCUT2D eigenvalue weighted by Gasteiger charge is 2.42. The maximum atomic E-state index is 5.95. The van der Waals surface area contributed by atoms with E-state index in [0.29, 0.717) is 0 Å². The van der Waals surface area contributed by atoms with Gasteiger partial charge in [-0.25, -0.2) is 0 Å². The molecular weight excluding hydrogens is 460 g/mol. The predicted molar refractivity (Wildman–Crippen MR) is 153 cm³/mol. The molecule has 2 aromatic heterocycles. The van der Waals surface area contributed by atoms with Gasteiger partial charge < -0.3 is 14.8 Å². The van der Waals surface area contributed by atoms with Crippen LogP contribution in [0.5, 0.6) is 0 Å². The van der Waals surface area contributed by atoms with Gasteiger partial charge in [0.1, 0.15) is 0 Å². The second kappa shape index (κ2) is 9.55. The van der Waals surface area contributed by atoms with Gasteiger partial charge in [0, 0.05) is 23.3 Å². The number of rotatable bonds is 5. The summed E-state index contributed by atoms with van der Waals surface area (Å²) in [5.41, 5.74) is 12.2. The molecule has 5 heteroatoms. The summed E-state index contributed by atoms with van der Waals surface area (Å²) in [6.07, 6.45) is 2.87. The molecule has 36 heavy (non-hydrogen) atoms. The largest absolute Gasteiger partial charge is 0.351 e. The van der Waals surface area contributed by atoms with Crippen LogP contribution in [0.15, 0.2) is 66.9 Å². The van der Waals surface area contributed by atoms with Crippen molar-refractivity contribution in [3.05, 3.63) is 112 Å². The lowest BCUT2D eigenvalue weighted by Gasteiger charge is -2.28. The van der Waals surface area contributed by atoms with Crippen molar-refractivity contribution in [3.63, 3.8) is 0 Å². The standard InChI is InChI=1S/C31H34N4S/c1-7-24-11-13-25(14-12-24)35-30(28(33-31(35)36)27-10-8-9-15-32-27)26-18-22(5)34(23(26)6)29-20(3)16-19(2)17-21(29)4/h8-18,28,30H,7H2,1-6H3,(H,33,36). The molecule has 4 nitrogen and oxygen atoms in total. The molecule has 1 N–H and O–H groups in total. The maximum Gasteiger partial charge on any atom is 0.174 e. The number of benzene rings is 2. The van der Waals surface area contributed by atoms with Gasteiger partial charge in [-0.05, 0) is 106 Å². The number of aryl methyl sites for hydroxylation is 5. The Morgan fingerprint density at radius 1 is 0.917 bits per heavy atom. The van der Waals surface area contributed by atoms with Crippen LogP contribution in [0.1, 0.15) is 63.9 Å². The van der Waals surface area contributed by atoms with Gasteiger partial charge in [-0.3, -0.25) is 4.98 Å². The molecule has 1 fully saturated rings. The van der Waals surface area contributed by atoms with E-state index in [1.54, 1.807) is 0 Å². The third kappa shape index (κ3) is 4.11.